The predicted octanol–water partition coefficient (Wildman–Crippen LogP) is 4.07. The fourth-order valence-corrected chi connectivity index (χ4v) is 3.70. The lowest BCUT2D eigenvalue weighted by atomic mass is 9.96. The van der Waals surface area contributed by atoms with E-state index in [2.05, 4.69) is 9.97 Å². The molecule has 0 aliphatic carbocycles. The molecule has 3 aromatic rings. The SMILES string of the molecule is Cc1cc2occ(CC(=O)N3CCCC(c4ncc[nH]4)C3)c2cc1Cl. The topological polar surface area (TPSA) is 62.1 Å². The molecule has 4 rings (SSSR count). The Hall–Kier alpha value is -2.27. The number of nitrogens with one attached hydrogen (secondary N) is 1. The van der Waals surface area contributed by atoms with Crippen molar-refractivity contribution in [1.29, 1.82) is 0 Å². The molecular weight excluding hydrogens is 338 g/mol. The Morgan fingerprint density at radius 3 is 3.16 bits per heavy atom. The summed E-state index contributed by atoms with van der Waals surface area (Å²) in [5.41, 5.74) is 2.64. The zero-order chi connectivity index (χ0) is 17.4. The number of imidazole rings is 1. The van der Waals surface area contributed by atoms with Crippen LogP contribution in [0.15, 0.2) is 35.2 Å². The van der Waals surface area contributed by atoms with Crippen molar-refractivity contribution in [3.8, 4) is 0 Å². The molecule has 1 saturated heterocycles. The van der Waals surface area contributed by atoms with Gasteiger partial charge in [-0.1, -0.05) is 11.6 Å². The predicted molar refractivity (Wildman–Crippen MR) is 96.8 cm³/mol. The van der Waals surface area contributed by atoms with Crippen LogP contribution in [0.2, 0.25) is 5.02 Å². The molecule has 0 bridgehead atoms. The summed E-state index contributed by atoms with van der Waals surface area (Å²) in [6.07, 6.45) is 7.65. The lowest BCUT2D eigenvalue weighted by Crippen LogP contribution is -2.40. The molecule has 5 nitrogen and oxygen atoms in total. The third kappa shape index (κ3) is 3.16. The number of amides is 1. The molecule has 1 N–H and O–H groups in total. The van der Waals surface area contributed by atoms with E-state index < -0.39 is 0 Å². The first-order valence-electron chi connectivity index (χ1n) is 8.55. The van der Waals surface area contributed by atoms with Gasteiger partial charge in [0.2, 0.25) is 5.91 Å². The van der Waals surface area contributed by atoms with Gasteiger partial charge in [-0.15, -0.1) is 0 Å². The number of likely N-dealkylation sites (tertiary alicyclic amines) is 1. The quantitative estimate of drug-likeness (QED) is 0.768. The van der Waals surface area contributed by atoms with Gasteiger partial charge in [0.1, 0.15) is 11.4 Å². The van der Waals surface area contributed by atoms with E-state index in [9.17, 15) is 4.79 Å². The highest BCUT2D eigenvalue weighted by atomic mass is 35.5. The van der Waals surface area contributed by atoms with E-state index in [1.165, 1.54) is 0 Å². The Balaban J connectivity index is 1.51. The number of aromatic nitrogens is 2. The molecule has 1 fully saturated rings. The van der Waals surface area contributed by atoms with Gasteiger partial charge in [0, 0.05) is 47.4 Å². The fourth-order valence-electron chi connectivity index (χ4n) is 3.54. The molecule has 3 heterocycles. The lowest BCUT2D eigenvalue weighted by Gasteiger charge is -2.31. The number of hydrogen-bond donors (Lipinski definition) is 1. The maximum absolute atomic E-state index is 12.8. The van der Waals surface area contributed by atoms with Crippen LogP contribution in [0.3, 0.4) is 0 Å². The molecule has 25 heavy (non-hydrogen) atoms. The minimum Gasteiger partial charge on any atom is -0.464 e. The third-order valence-corrected chi connectivity index (χ3v) is 5.36. The molecule has 1 unspecified atom stereocenters. The van der Waals surface area contributed by atoms with Crippen molar-refractivity contribution in [2.75, 3.05) is 13.1 Å². The van der Waals surface area contributed by atoms with Crippen LogP contribution in [-0.4, -0.2) is 33.9 Å². The van der Waals surface area contributed by atoms with Crippen molar-refractivity contribution < 1.29 is 9.21 Å². The van der Waals surface area contributed by atoms with Gasteiger partial charge in [0.05, 0.1) is 12.7 Å². The van der Waals surface area contributed by atoms with Gasteiger partial charge in [-0.05, 0) is 37.5 Å². The van der Waals surface area contributed by atoms with E-state index in [1.807, 2.05) is 30.2 Å². The highest BCUT2D eigenvalue weighted by Crippen LogP contribution is 2.29. The highest BCUT2D eigenvalue weighted by molar-refractivity contribution is 6.32. The van der Waals surface area contributed by atoms with Gasteiger partial charge in [-0.25, -0.2) is 4.98 Å². The summed E-state index contributed by atoms with van der Waals surface area (Å²) in [5.74, 6) is 1.37. The van der Waals surface area contributed by atoms with Crippen molar-refractivity contribution >= 4 is 28.5 Å². The van der Waals surface area contributed by atoms with Crippen LogP contribution in [0.4, 0.5) is 0 Å². The Kier molecular flexibility index (Phi) is 4.25. The summed E-state index contributed by atoms with van der Waals surface area (Å²) >= 11 is 6.23. The number of aryl methyl sites for hydroxylation is 1. The second-order valence-electron chi connectivity index (χ2n) is 6.69. The zero-order valence-electron chi connectivity index (χ0n) is 14.1. The van der Waals surface area contributed by atoms with E-state index in [1.54, 1.807) is 12.5 Å². The summed E-state index contributed by atoms with van der Waals surface area (Å²) in [6, 6.07) is 3.81. The van der Waals surface area contributed by atoms with Gasteiger partial charge in [0.25, 0.3) is 0 Å². The summed E-state index contributed by atoms with van der Waals surface area (Å²) in [5, 5.41) is 1.61. The minimum absolute atomic E-state index is 0.121. The average Bonchev–Trinajstić information content (AvgIpc) is 3.27. The molecular formula is C19H20ClN3O2. The molecule has 1 atom stereocenters. The number of aromatic amines is 1. The van der Waals surface area contributed by atoms with Gasteiger partial charge in [-0.2, -0.15) is 0 Å². The smallest absolute Gasteiger partial charge is 0.227 e. The standard InChI is InChI=1S/C19H20ClN3O2/c1-12-7-17-15(9-16(12)20)14(11-25-17)8-18(24)23-6-2-3-13(10-23)19-21-4-5-22-19/h4-5,7,9,11,13H,2-3,6,8,10H2,1H3,(H,21,22). The maximum Gasteiger partial charge on any atom is 0.227 e. The minimum atomic E-state index is 0.121. The molecule has 1 aliphatic heterocycles. The molecule has 6 heteroatoms. The number of furan rings is 1. The first kappa shape index (κ1) is 16.2. The van der Waals surface area contributed by atoms with Crippen LogP contribution < -0.4 is 0 Å². The number of fused-ring (bicyclic) bond motifs is 1. The molecule has 1 aromatic carbocycles. The van der Waals surface area contributed by atoms with Crippen molar-refractivity contribution in [3.05, 3.63) is 52.8 Å². The summed E-state index contributed by atoms with van der Waals surface area (Å²) in [7, 11) is 0. The Labute approximate surface area is 151 Å². The zero-order valence-corrected chi connectivity index (χ0v) is 14.8. The van der Waals surface area contributed by atoms with Gasteiger partial charge >= 0.3 is 0 Å². The van der Waals surface area contributed by atoms with Gasteiger partial charge in [-0.3, -0.25) is 4.79 Å². The van der Waals surface area contributed by atoms with Gasteiger partial charge in [0.15, 0.2) is 0 Å². The molecule has 2 aromatic heterocycles. The molecule has 1 amide bonds. The molecule has 0 saturated carbocycles. The fraction of sp³-hybridized carbons (Fsp3) is 0.368. The molecule has 0 spiro atoms. The number of benzene rings is 1. The Morgan fingerprint density at radius 2 is 2.36 bits per heavy atom. The van der Waals surface area contributed by atoms with Crippen molar-refractivity contribution in [1.82, 2.24) is 14.9 Å². The normalized spacial score (nSPS) is 18.0. The molecule has 1 aliphatic rings. The van der Waals surface area contributed by atoms with Crippen LogP contribution in [0.5, 0.6) is 0 Å². The number of hydrogen-bond acceptors (Lipinski definition) is 3. The summed E-state index contributed by atoms with van der Waals surface area (Å²) < 4.78 is 5.61. The van der Waals surface area contributed by atoms with Gasteiger partial charge < -0.3 is 14.3 Å². The number of rotatable bonds is 3. The summed E-state index contributed by atoms with van der Waals surface area (Å²) in [6.45, 7) is 3.45. The first-order chi connectivity index (χ1) is 12.1. The molecule has 130 valence electrons. The number of carbonyl (C=O) groups is 1. The van der Waals surface area contributed by atoms with Crippen LogP contribution in [0.1, 0.15) is 35.7 Å². The van der Waals surface area contributed by atoms with Crippen LogP contribution >= 0.6 is 11.6 Å². The number of halogens is 1. The van der Waals surface area contributed by atoms with Crippen molar-refractivity contribution in [3.63, 3.8) is 0 Å². The van der Waals surface area contributed by atoms with E-state index in [-0.39, 0.29) is 11.8 Å². The number of piperidine rings is 1. The Morgan fingerprint density at radius 1 is 1.48 bits per heavy atom. The second-order valence-corrected chi connectivity index (χ2v) is 7.10. The molecule has 0 radical (unpaired) electrons. The number of nitrogens with zero attached hydrogens (tertiary/aromatic N) is 2. The average molecular weight is 358 g/mol. The van der Waals surface area contributed by atoms with Crippen molar-refractivity contribution in [2.45, 2.75) is 32.1 Å². The van der Waals surface area contributed by atoms with Crippen LogP contribution in [0, 0.1) is 6.92 Å². The van der Waals surface area contributed by atoms with E-state index in [0.717, 1.165) is 47.3 Å². The monoisotopic (exact) mass is 357 g/mol. The Bertz CT molecular complexity index is 901. The first-order valence-corrected chi connectivity index (χ1v) is 8.93. The summed E-state index contributed by atoms with van der Waals surface area (Å²) in [4.78, 5) is 22.2. The number of H-pyrrole nitrogens is 1. The van der Waals surface area contributed by atoms with E-state index in [4.69, 9.17) is 16.0 Å². The van der Waals surface area contributed by atoms with E-state index in [0.29, 0.717) is 18.0 Å². The third-order valence-electron chi connectivity index (χ3n) is 4.96. The largest absolute Gasteiger partial charge is 0.464 e. The van der Waals surface area contributed by atoms with Crippen LogP contribution in [0.25, 0.3) is 11.0 Å². The highest BCUT2D eigenvalue weighted by Gasteiger charge is 2.26. The van der Waals surface area contributed by atoms with E-state index >= 15 is 0 Å². The van der Waals surface area contributed by atoms with Crippen LogP contribution in [-0.2, 0) is 11.2 Å². The second kappa shape index (κ2) is 6.56. The maximum atomic E-state index is 12.8. The van der Waals surface area contributed by atoms with Crippen molar-refractivity contribution in [2.24, 2.45) is 0 Å². The lowest BCUT2D eigenvalue weighted by molar-refractivity contribution is -0.131. The number of carbonyl (C=O) groups excluding carboxylic acids is 1.